The van der Waals surface area contributed by atoms with E-state index < -0.39 is 10.0 Å². The quantitative estimate of drug-likeness (QED) is 0.932. The number of nitrogens with zero attached hydrogens (tertiary/aromatic N) is 1. The molecule has 1 N–H and O–H groups in total. The lowest BCUT2D eigenvalue weighted by molar-refractivity contribution is 0.581. The molecule has 1 heterocycles. The van der Waals surface area contributed by atoms with Crippen molar-refractivity contribution in [3.05, 3.63) is 44.3 Å². The fourth-order valence-corrected chi connectivity index (χ4v) is 3.55. The van der Waals surface area contributed by atoms with Crippen LogP contribution in [0.4, 0.5) is 0 Å². The van der Waals surface area contributed by atoms with Crippen LogP contribution in [0.3, 0.4) is 0 Å². The molecule has 0 bridgehead atoms. The molecule has 2 aromatic rings. The van der Waals surface area contributed by atoms with Gasteiger partial charge >= 0.3 is 0 Å². The van der Waals surface area contributed by atoms with Crippen molar-refractivity contribution in [1.29, 1.82) is 0 Å². The molecule has 0 spiro atoms. The summed E-state index contributed by atoms with van der Waals surface area (Å²) in [4.78, 5) is 4.26. The molecule has 0 fully saturated rings. The van der Waals surface area contributed by atoms with Crippen molar-refractivity contribution in [2.24, 2.45) is 0 Å². The molecule has 0 saturated carbocycles. The molecule has 0 aliphatic heterocycles. The van der Waals surface area contributed by atoms with Crippen molar-refractivity contribution in [1.82, 2.24) is 9.71 Å². The predicted molar refractivity (Wildman–Crippen MR) is 77.3 cm³/mol. The molecule has 0 saturated heterocycles. The first-order chi connectivity index (χ1) is 8.88. The van der Waals surface area contributed by atoms with Crippen LogP contribution in [0.1, 0.15) is 10.7 Å². The van der Waals surface area contributed by atoms with E-state index in [1.54, 1.807) is 0 Å². The van der Waals surface area contributed by atoms with Crippen LogP contribution in [0.25, 0.3) is 0 Å². The van der Waals surface area contributed by atoms with Gasteiger partial charge in [0.15, 0.2) is 0 Å². The first-order valence-corrected chi connectivity index (χ1v) is 8.36. The number of sulfonamides is 1. The van der Waals surface area contributed by atoms with Crippen LogP contribution in [0.5, 0.6) is 0 Å². The van der Waals surface area contributed by atoms with Crippen LogP contribution in [0.2, 0.25) is 10.0 Å². The maximum absolute atomic E-state index is 12.0. The van der Waals surface area contributed by atoms with Crippen LogP contribution >= 0.6 is 34.5 Å². The molecule has 2 rings (SSSR count). The Kier molecular flexibility index (Phi) is 4.47. The van der Waals surface area contributed by atoms with Crippen molar-refractivity contribution < 1.29 is 8.42 Å². The zero-order valence-electron chi connectivity index (χ0n) is 9.85. The summed E-state index contributed by atoms with van der Waals surface area (Å²) >= 11 is 13.0. The van der Waals surface area contributed by atoms with E-state index in [-0.39, 0.29) is 16.5 Å². The van der Waals surface area contributed by atoms with E-state index in [9.17, 15) is 8.42 Å². The number of benzene rings is 1. The summed E-state index contributed by atoms with van der Waals surface area (Å²) < 4.78 is 26.5. The summed E-state index contributed by atoms with van der Waals surface area (Å²) in [6.07, 6.45) is 0. The maximum Gasteiger partial charge on any atom is 0.241 e. The van der Waals surface area contributed by atoms with E-state index >= 15 is 0 Å². The first-order valence-electron chi connectivity index (χ1n) is 5.24. The molecular weight excluding hydrogens is 327 g/mol. The van der Waals surface area contributed by atoms with E-state index in [2.05, 4.69) is 9.71 Å². The van der Waals surface area contributed by atoms with Crippen LogP contribution in [-0.2, 0) is 16.6 Å². The van der Waals surface area contributed by atoms with Gasteiger partial charge in [0.25, 0.3) is 0 Å². The highest BCUT2D eigenvalue weighted by Crippen LogP contribution is 2.24. The highest BCUT2D eigenvalue weighted by Gasteiger charge is 2.15. The molecule has 8 heteroatoms. The van der Waals surface area contributed by atoms with Crippen molar-refractivity contribution in [2.45, 2.75) is 18.4 Å². The fraction of sp³-hybridized carbons (Fsp3) is 0.182. The Bertz CT molecular complexity index is 698. The monoisotopic (exact) mass is 336 g/mol. The number of nitrogens with one attached hydrogen (secondary N) is 1. The topological polar surface area (TPSA) is 59.1 Å². The summed E-state index contributed by atoms with van der Waals surface area (Å²) in [5.41, 5.74) is 0.869. The summed E-state index contributed by atoms with van der Waals surface area (Å²) in [6, 6.07) is 4.18. The molecule has 0 radical (unpaired) electrons. The van der Waals surface area contributed by atoms with Crippen LogP contribution < -0.4 is 4.72 Å². The molecule has 102 valence electrons. The van der Waals surface area contributed by atoms with Crippen molar-refractivity contribution in [3.63, 3.8) is 0 Å². The van der Waals surface area contributed by atoms with Gasteiger partial charge in [-0.05, 0) is 25.1 Å². The third kappa shape index (κ3) is 3.67. The third-order valence-electron chi connectivity index (χ3n) is 2.28. The Morgan fingerprint density at radius 3 is 2.63 bits per heavy atom. The second-order valence-electron chi connectivity index (χ2n) is 3.78. The smallest absolute Gasteiger partial charge is 0.241 e. The van der Waals surface area contributed by atoms with E-state index in [0.717, 1.165) is 5.69 Å². The van der Waals surface area contributed by atoms with Crippen molar-refractivity contribution in [2.75, 3.05) is 0 Å². The van der Waals surface area contributed by atoms with Gasteiger partial charge in [-0.1, -0.05) is 23.2 Å². The Morgan fingerprint density at radius 1 is 1.32 bits per heavy atom. The van der Waals surface area contributed by atoms with E-state index in [0.29, 0.717) is 10.0 Å². The minimum absolute atomic E-state index is 0.0789. The Labute approximate surface area is 125 Å². The molecular formula is C11H10Cl2N2O2S2. The van der Waals surface area contributed by atoms with E-state index in [1.807, 2.05) is 12.3 Å². The number of aryl methyl sites for hydroxylation is 1. The predicted octanol–water partition coefficient (Wildman–Crippen LogP) is 3.24. The molecule has 0 aliphatic carbocycles. The average molecular weight is 337 g/mol. The lowest BCUT2D eigenvalue weighted by atomic mass is 10.4. The first kappa shape index (κ1) is 14.7. The zero-order chi connectivity index (χ0) is 14.0. The van der Waals surface area contributed by atoms with Gasteiger partial charge < -0.3 is 0 Å². The van der Waals surface area contributed by atoms with Gasteiger partial charge in [0, 0.05) is 11.1 Å². The number of halogens is 2. The van der Waals surface area contributed by atoms with Crippen LogP contribution in [-0.4, -0.2) is 13.4 Å². The fourth-order valence-electron chi connectivity index (χ4n) is 1.37. The standard InChI is InChI=1S/C11H10Cl2N2O2S2/c1-7-6-18-11(15-7)5-14-19(16,17)8-2-3-9(12)10(13)4-8/h2-4,6,14H,5H2,1H3. The molecule has 0 aliphatic rings. The summed E-state index contributed by atoms with van der Waals surface area (Å²) in [5, 5.41) is 3.09. The normalized spacial score (nSPS) is 11.7. The molecule has 0 atom stereocenters. The summed E-state index contributed by atoms with van der Waals surface area (Å²) in [6.45, 7) is 2.01. The Hall–Kier alpha value is -0.660. The Morgan fingerprint density at radius 2 is 2.05 bits per heavy atom. The van der Waals surface area contributed by atoms with Gasteiger partial charge in [-0.25, -0.2) is 18.1 Å². The number of thiazole rings is 1. The average Bonchev–Trinajstić information content (AvgIpc) is 2.76. The molecule has 1 aromatic heterocycles. The highest BCUT2D eigenvalue weighted by atomic mass is 35.5. The molecule has 19 heavy (non-hydrogen) atoms. The molecule has 0 unspecified atom stereocenters. The van der Waals surface area contributed by atoms with E-state index in [1.165, 1.54) is 29.5 Å². The number of hydrogen-bond donors (Lipinski definition) is 1. The molecule has 4 nitrogen and oxygen atoms in total. The SMILES string of the molecule is Cc1csc(CNS(=O)(=O)c2ccc(Cl)c(Cl)c2)n1. The molecule has 0 amide bonds. The lowest BCUT2D eigenvalue weighted by Gasteiger charge is -2.06. The largest absolute Gasteiger partial charge is 0.245 e. The Balaban J connectivity index is 2.16. The second kappa shape index (κ2) is 5.76. The minimum atomic E-state index is -3.61. The maximum atomic E-state index is 12.0. The van der Waals surface area contributed by atoms with Gasteiger partial charge in [0.1, 0.15) is 5.01 Å². The molecule has 1 aromatic carbocycles. The van der Waals surface area contributed by atoms with Gasteiger partial charge in [0.05, 0.1) is 21.5 Å². The van der Waals surface area contributed by atoms with Crippen LogP contribution in [0, 0.1) is 6.92 Å². The highest BCUT2D eigenvalue weighted by molar-refractivity contribution is 7.89. The van der Waals surface area contributed by atoms with Crippen LogP contribution in [0.15, 0.2) is 28.5 Å². The van der Waals surface area contributed by atoms with E-state index in [4.69, 9.17) is 23.2 Å². The van der Waals surface area contributed by atoms with Gasteiger partial charge in [-0.2, -0.15) is 0 Å². The number of rotatable bonds is 4. The number of hydrogen-bond acceptors (Lipinski definition) is 4. The summed E-state index contributed by atoms with van der Waals surface area (Å²) in [7, 11) is -3.61. The number of aromatic nitrogens is 1. The van der Waals surface area contributed by atoms with Crippen molar-refractivity contribution >= 4 is 44.6 Å². The summed E-state index contributed by atoms with van der Waals surface area (Å²) in [5.74, 6) is 0. The van der Waals surface area contributed by atoms with Gasteiger partial charge in [-0.15, -0.1) is 11.3 Å². The van der Waals surface area contributed by atoms with Crippen molar-refractivity contribution in [3.8, 4) is 0 Å². The minimum Gasteiger partial charge on any atom is -0.245 e. The zero-order valence-corrected chi connectivity index (χ0v) is 13.0. The third-order valence-corrected chi connectivity index (χ3v) is 5.39. The van der Waals surface area contributed by atoms with Gasteiger partial charge in [0.2, 0.25) is 10.0 Å². The lowest BCUT2D eigenvalue weighted by Crippen LogP contribution is -2.23. The van der Waals surface area contributed by atoms with Gasteiger partial charge in [-0.3, -0.25) is 0 Å². The second-order valence-corrected chi connectivity index (χ2v) is 7.31.